The summed E-state index contributed by atoms with van der Waals surface area (Å²) in [7, 11) is 1.82. The van der Waals surface area contributed by atoms with Gasteiger partial charge in [0, 0.05) is 36.9 Å². The number of nitrogens with one attached hydrogen (secondary N) is 2. The minimum atomic E-state index is -0.492. The molecule has 0 aromatic heterocycles. The third kappa shape index (κ3) is 3.57. The molecule has 1 aliphatic heterocycles. The fraction of sp³-hybridized carbons (Fsp3) is 0.500. The molecule has 1 fully saturated rings. The number of anilines is 1. The lowest BCUT2D eigenvalue weighted by Crippen LogP contribution is -2.47. The number of benzene rings is 1. The Morgan fingerprint density at radius 2 is 1.91 bits per heavy atom. The van der Waals surface area contributed by atoms with Gasteiger partial charge in [-0.05, 0) is 44.5 Å². The third-order valence-corrected chi connectivity index (χ3v) is 3.75. The van der Waals surface area contributed by atoms with Crippen LogP contribution in [0.5, 0.6) is 0 Å². The van der Waals surface area contributed by atoms with Crippen molar-refractivity contribution in [1.82, 2.24) is 10.2 Å². The molecule has 2 amide bonds. The first-order valence-electron chi connectivity index (χ1n) is 7.57. The SMILES string of the molecule is CNc1ccc(C(=O)N2C[C@@H](N)C[C@H]2C(=O)NC(C)C)cc1. The molecule has 0 saturated carbocycles. The lowest BCUT2D eigenvalue weighted by Gasteiger charge is -2.24. The molecule has 4 N–H and O–H groups in total. The topological polar surface area (TPSA) is 87.5 Å². The molecule has 0 aliphatic carbocycles. The van der Waals surface area contributed by atoms with E-state index in [0.717, 1.165) is 5.69 Å². The van der Waals surface area contributed by atoms with Gasteiger partial charge in [-0.15, -0.1) is 0 Å². The van der Waals surface area contributed by atoms with E-state index in [9.17, 15) is 9.59 Å². The van der Waals surface area contributed by atoms with Crippen LogP contribution in [0.2, 0.25) is 0 Å². The maximum atomic E-state index is 12.7. The number of carbonyl (C=O) groups is 2. The lowest BCUT2D eigenvalue weighted by molar-refractivity contribution is -0.125. The Kier molecular flexibility index (Phi) is 5.03. The number of hydrogen-bond acceptors (Lipinski definition) is 4. The van der Waals surface area contributed by atoms with Gasteiger partial charge in [-0.2, -0.15) is 0 Å². The van der Waals surface area contributed by atoms with Crippen molar-refractivity contribution in [3.8, 4) is 0 Å². The van der Waals surface area contributed by atoms with Crippen LogP contribution in [0, 0.1) is 0 Å². The van der Waals surface area contributed by atoms with Crippen molar-refractivity contribution in [3.05, 3.63) is 29.8 Å². The Morgan fingerprint density at radius 1 is 1.27 bits per heavy atom. The van der Waals surface area contributed by atoms with Gasteiger partial charge < -0.3 is 21.3 Å². The van der Waals surface area contributed by atoms with E-state index in [1.807, 2.05) is 33.0 Å². The first-order chi connectivity index (χ1) is 10.4. The second-order valence-electron chi connectivity index (χ2n) is 5.96. The maximum Gasteiger partial charge on any atom is 0.254 e. The highest BCUT2D eigenvalue weighted by atomic mass is 16.2. The Balaban J connectivity index is 2.16. The first kappa shape index (κ1) is 16.3. The zero-order valence-electron chi connectivity index (χ0n) is 13.3. The van der Waals surface area contributed by atoms with Gasteiger partial charge in [0.25, 0.3) is 5.91 Å². The Labute approximate surface area is 131 Å². The Morgan fingerprint density at radius 3 is 2.45 bits per heavy atom. The van der Waals surface area contributed by atoms with Crippen molar-refractivity contribution in [1.29, 1.82) is 0 Å². The van der Waals surface area contributed by atoms with Gasteiger partial charge in [-0.25, -0.2) is 0 Å². The summed E-state index contributed by atoms with van der Waals surface area (Å²) in [5.41, 5.74) is 7.46. The van der Waals surface area contributed by atoms with E-state index in [0.29, 0.717) is 18.5 Å². The zero-order valence-corrected chi connectivity index (χ0v) is 13.3. The predicted molar refractivity (Wildman–Crippen MR) is 86.7 cm³/mol. The number of likely N-dealkylation sites (tertiary alicyclic amines) is 1. The van der Waals surface area contributed by atoms with Crippen LogP contribution < -0.4 is 16.4 Å². The van der Waals surface area contributed by atoms with Crippen molar-refractivity contribution in [2.75, 3.05) is 18.9 Å². The molecule has 0 bridgehead atoms. The van der Waals surface area contributed by atoms with Crippen LogP contribution in [0.4, 0.5) is 5.69 Å². The zero-order chi connectivity index (χ0) is 16.3. The summed E-state index contributed by atoms with van der Waals surface area (Å²) in [4.78, 5) is 26.5. The second kappa shape index (κ2) is 6.79. The molecule has 2 atom stereocenters. The smallest absolute Gasteiger partial charge is 0.254 e. The molecule has 2 rings (SSSR count). The predicted octanol–water partition coefficient (Wildman–Crippen LogP) is 0.795. The first-order valence-corrected chi connectivity index (χ1v) is 7.57. The van der Waals surface area contributed by atoms with Crippen LogP contribution in [-0.4, -0.2) is 48.4 Å². The number of hydrogen-bond donors (Lipinski definition) is 3. The molecule has 1 saturated heterocycles. The van der Waals surface area contributed by atoms with Gasteiger partial charge >= 0.3 is 0 Å². The van der Waals surface area contributed by atoms with Gasteiger partial charge in [0.05, 0.1) is 0 Å². The minimum absolute atomic E-state index is 0.0381. The van der Waals surface area contributed by atoms with E-state index in [1.165, 1.54) is 0 Å². The molecule has 1 aliphatic rings. The van der Waals surface area contributed by atoms with E-state index >= 15 is 0 Å². The second-order valence-corrected chi connectivity index (χ2v) is 5.96. The van der Waals surface area contributed by atoms with E-state index in [2.05, 4.69) is 10.6 Å². The minimum Gasteiger partial charge on any atom is -0.388 e. The third-order valence-electron chi connectivity index (χ3n) is 3.75. The van der Waals surface area contributed by atoms with Crippen LogP contribution in [0.15, 0.2) is 24.3 Å². The normalized spacial score (nSPS) is 21.0. The number of nitrogens with zero attached hydrogens (tertiary/aromatic N) is 1. The fourth-order valence-electron chi connectivity index (χ4n) is 2.67. The maximum absolute atomic E-state index is 12.7. The largest absolute Gasteiger partial charge is 0.388 e. The fourth-order valence-corrected chi connectivity index (χ4v) is 2.67. The van der Waals surface area contributed by atoms with Crippen LogP contribution in [-0.2, 0) is 4.79 Å². The molecule has 1 aromatic rings. The van der Waals surface area contributed by atoms with Crippen LogP contribution in [0.1, 0.15) is 30.6 Å². The molecule has 1 heterocycles. The monoisotopic (exact) mass is 304 g/mol. The van der Waals surface area contributed by atoms with Crippen LogP contribution in [0.3, 0.4) is 0 Å². The van der Waals surface area contributed by atoms with Gasteiger partial charge in [0.15, 0.2) is 0 Å². The lowest BCUT2D eigenvalue weighted by atomic mass is 10.1. The van der Waals surface area contributed by atoms with Crippen molar-refractivity contribution < 1.29 is 9.59 Å². The molecule has 120 valence electrons. The average Bonchev–Trinajstić information content (AvgIpc) is 2.88. The highest BCUT2D eigenvalue weighted by Gasteiger charge is 2.38. The molecule has 6 heteroatoms. The van der Waals surface area contributed by atoms with Crippen molar-refractivity contribution >= 4 is 17.5 Å². The summed E-state index contributed by atoms with van der Waals surface area (Å²) < 4.78 is 0. The van der Waals surface area contributed by atoms with Crippen LogP contribution >= 0.6 is 0 Å². The summed E-state index contributed by atoms with van der Waals surface area (Å²) in [5, 5.41) is 5.87. The average molecular weight is 304 g/mol. The van der Waals surface area contributed by atoms with Crippen molar-refractivity contribution in [2.24, 2.45) is 5.73 Å². The van der Waals surface area contributed by atoms with Gasteiger partial charge in [0.1, 0.15) is 6.04 Å². The van der Waals surface area contributed by atoms with Gasteiger partial charge in [-0.1, -0.05) is 0 Å². The highest BCUT2D eigenvalue weighted by molar-refractivity contribution is 5.98. The number of rotatable bonds is 4. The molecule has 6 nitrogen and oxygen atoms in total. The van der Waals surface area contributed by atoms with Crippen molar-refractivity contribution in [2.45, 2.75) is 38.4 Å². The van der Waals surface area contributed by atoms with E-state index in [1.54, 1.807) is 17.0 Å². The van der Waals surface area contributed by atoms with E-state index in [4.69, 9.17) is 5.73 Å². The molecular weight excluding hydrogens is 280 g/mol. The molecule has 1 aromatic carbocycles. The van der Waals surface area contributed by atoms with E-state index < -0.39 is 6.04 Å². The summed E-state index contributed by atoms with van der Waals surface area (Å²) in [6.45, 7) is 4.20. The number of amides is 2. The summed E-state index contributed by atoms with van der Waals surface area (Å²) in [5.74, 6) is -0.289. The Bertz CT molecular complexity index is 542. The summed E-state index contributed by atoms with van der Waals surface area (Å²) in [6.07, 6.45) is 0.499. The highest BCUT2D eigenvalue weighted by Crippen LogP contribution is 2.21. The quantitative estimate of drug-likeness (QED) is 0.767. The van der Waals surface area contributed by atoms with Gasteiger partial charge in [-0.3, -0.25) is 9.59 Å². The standard InChI is InChI=1S/C16H24N4O2/c1-10(2)19-15(21)14-8-12(17)9-20(14)16(22)11-4-6-13(18-3)7-5-11/h4-7,10,12,14,18H,8-9,17H2,1-3H3,(H,19,21)/t12-,14-/m0/s1. The van der Waals surface area contributed by atoms with Crippen molar-refractivity contribution in [3.63, 3.8) is 0 Å². The van der Waals surface area contributed by atoms with Crippen LogP contribution in [0.25, 0.3) is 0 Å². The van der Waals surface area contributed by atoms with Gasteiger partial charge in [0.2, 0.25) is 5.91 Å². The molecule has 0 unspecified atom stereocenters. The molecule has 0 spiro atoms. The summed E-state index contributed by atoms with van der Waals surface area (Å²) >= 11 is 0. The number of carbonyl (C=O) groups excluding carboxylic acids is 2. The number of nitrogens with two attached hydrogens (primary N) is 1. The summed E-state index contributed by atoms with van der Waals surface area (Å²) in [6, 6.07) is 6.58. The Hall–Kier alpha value is -2.08. The van der Waals surface area contributed by atoms with E-state index in [-0.39, 0.29) is 23.9 Å². The molecular formula is C16H24N4O2. The molecule has 0 radical (unpaired) electrons. The molecule has 22 heavy (non-hydrogen) atoms.